The van der Waals surface area contributed by atoms with Crippen LogP contribution < -0.4 is 16.5 Å². The molecule has 0 fully saturated rings. The van der Waals surface area contributed by atoms with Gasteiger partial charge in [0, 0.05) is 21.8 Å². The third-order valence-corrected chi connectivity index (χ3v) is 6.13. The highest BCUT2D eigenvalue weighted by Crippen LogP contribution is 2.48. The van der Waals surface area contributed by atoms with E-state index in [0.29, 0.717) is 27.4 Å². The Kier molecular flexibility index (Phi) is 6.43. The molecular weight excluding hydrogens is 493 g/mol. The average Bonchev–Trinajstić information content (AvgIpc) is 3.28. The van der Waals surface area contributed by atoms with Crippen LogP contribution in [0.4, 0.5) is 24.5 Å². The quantitative estimate of drug-likeness (QED) is 0.372. The monoisotopic (exact) mass is 512 g/mol. The summed E-state index contributed by atoms with van der Waals surface area (Å²) in [5.74, 6) is -0.514. The lowest BCUT2D eigenvalue weighted by Gasteiger charge is -2.29. The van der Waals surface area contributed by atoms with Crippen LogP contribution in [-0.2, 0) is 10.4 Å². The highest BCUT2D eigenvalue weighted by Gasteiger charge is 2.59. The second-order valence-corrected chi connectivity index (χ2v) is 8.79. The molecule has 1 amide bonds. The van der Waals surface area contributed by atoms with Crippen molar-refractivity contribution >= 4 is 34.6 Å². The number of hydrogen-bond acceptors (Lipinski definition) is 5. The first-order valence-corrected chi connectivity index (χ1v) is 11.0. The fraction of sp³-hybridized carbons (Fsp3) is 0.154. The van der Waals surface area contributed by atoms with E-state index in [9.17, 15) is 18.0 Å². The average molecular weight is 513 g/mol. The first kappa shape index (κ1) is 25.1. The minimum atomic E-state index is -4.79. The minimum Gasteiger partial charge on any atom is -0.398 e. The number of carbonyl (C=O) groups is 1. The maximum absolute atomic E-state index is 14.4. The molecule has 0 bridgehead atoms. The van der Waals surface area contributed by atoms with Gasteiger partial charge in [-0.3, -0.25) is 15.1 Å². The third-order valence-electron chi connectivity index (χ3n) is 5.88. The van der Waals surface area contributed by atoms with Crippen LogP contribution in [0.15, 0.2) is 60.7 Å². The summed E-state index contributed by atoms with van der Waals surface area (Å²) in [6.45, 7) is 3.19. The Balaban J connectivity index is 1.70. The summed E-state index contributed by atoms with van der Waals surface area (Å²) in [6.07, 6.45) is -3.81. The molecule has 4 N–H and O–H groups in total. The summed E-state index contributed by atoms with van der Waals surface area (Å²) in [6, 6.07) is 15.1. The molecule has 1 unspecified atom stereocenters. The number of halogens is 4. The molecular formula is C26H20ClF3N4O2. The number of aryl methyl sites for hydroxylation is 2. The highest BCUT2D eigenvalue weighted by atomic mass is 35.5. The van der Waals surface area contributed by atoms with Gasteiger partial charge in [-0.1, -0.05) is 35.9 Å². The normalized spacial score (nSPS) is 17.2. The van der Waals surface area contributed by atoms with Gasteiger partial charge in [0.1, 0.15) is 6.07 Å². The number of nitrogens with zero attached hydrogens (tertiary/aromatic N) is 1. The Morgan fingerprint density at radius 1 is 1.11 bits per heavy atom. The highest BCUT2D eigenvalue weighted by molar-refractivity contribution is 6.30. The van der Waals surface area contributed by atoms with Crippen LogP contribution >= 0.6 is 11.6 Å². The first-order valence-electron chi connectivity index (χ1n) is 10.7. The molecule has 0 saturated carbocycles. The van der Waals surface area contributed by atoms with E-state index in [1.54, 1.807) is 38.1 Å². The molecule has 3 aromatic carbocycles. The maximum atomic E-state index is 14.4. The van der Waals surface area contributed by atoms with E-state index in [-0.39, 0.29) is 28.1 Å². The number of carbonyl (C=O) groups excluding carboxylic acids is 1. The number of hydroxylamine groups is 1. The molecule has 0 spiro atoms. The lowest BCUT2D eigenvalue weighted by molar-refractivity contribution is -0.269. The van der Waals surface area contributed by atoms with Crippen LogP contribution in [0.1, 0.15) is 38.2 Å². The van der Waals surface area contributed by atoms with E-state index in [4.69, 9.17) is 27.4 Å². The predicted molar refractivity (Wildman–Crippen MR) is 131 cm³/mol. The lowest BCUT2D eigenvalue weighted by atomic mass is 9.88. The van der Waals surface area contributed by atoms with Crippen molar-refractivity contribution in [1.82, 2.24) is 5.48 Å². The van der Waals surface area contributed by atoms with Gasteiger partial charge in [-0.25, -0.2) is 0 Å². The summed E-state index contributed by atoms with van der Waals surface area (Å²) in [5.41, 5.74) is 7.67. The molecule has 0 aliphatic carbocycles. The van der Waals surface area contributed by atoms with Gasteiger partial charge >= 0.3 is 6.18 Å². The molecule has 10 heteroatoms. The second kappa shape index (κ2) is 9.22. The predicted octanol–water partition coefficient (Wildman–Crippen LogP) is 6.00. The second-order valence-electron chi connectivity index (χ2n) is 8.36. The molecule has 0 saturated heterocycles. The van der Waals surface area contributed by atoms with Crippen LogP contribution in [0.2, 0.25) is 5.02 Å². The van der Waals surface area contributed by atoms with Crippen LogP contribution in [0.25, 0.3) is 5.70 Å². The van der Waals surface area contributed by atoms with Crippen LogP contribution in [0.5, 0.6) is 0 Å². The number of nitrogens with two attached hydrogens (primary N) is 1. The van der Waals surface area contributed by atoms with Crippen LogP contribution in [0, 0.1) is 25.2 Å². The molecule has 184 valence electrons. The standard InChI is InChI=1S/C26H20ClF3N4O2/c1-14-9-19(10-15(2)23(14)33-24(35)17-3-4-18(13-31)21(32)11-17)25(26(28,29)30)12-22(34-36-25)16-5-7-20(27)8-6-16/h3-12,34H,32H2,1-2H3,(H,33,35). The molecule has 1 atom stereocenters. The number of hydrogen-bond donors (Lipinski definition) is 3. The number of nitrogens with one attached hydrogen (secondary N) is 2. The van der Waals surface area contributed by atoms with Crippen LogP contribution in [-0.4, -0.2) is 12.1 Å². The van der Waals surface area contributed by atoms with E-state index >= 15 is 0 Å². The van der Waals surface area contributed by atoms with Crippen molar-refractivity contribution in [2.45, 2.75) is 25.6 Å². The van der Waals surface area contributed by atoms with E-state index < -0.39 is 17.7 Å². The van der Waals surface area contributed by atoms with Gasteiger partial charge in [0.15, 0.2) is 0 Å². The molecule has 3 aromatic rings. The topological polar surface area (TPSA) is 100 Å². The summed E-state index contributed by atoms with van der Waals surface area (Å²) >= 11 is 5.89. The number of rotatable bonds is 4. The van der Waals surface area contributed by atoms with Crippen molar-refractivity contribution in [3.05, 3.63) is 99.1 Å². The van der Waals surface area contributed by atoms with Gasteiger partial charge in [0.25, 0.3) is 5.91 Å². The summed E-state index contributed by atoms with van der Waals surface area (Å²) in [7, 11) is 0. The van der Waals surface area contributed by atoms with Gasteiger partial charge in [-0.05, 0) is 66.9 Å². The summed E-state index contributed by atoms with van der Waals surface area (Å²) in [4.78, 5) is 18.0. The SMILES string of the molecule is Cc1cc(C2(C(F)(F)F)C=C(c3ccc(Cl)cc3)NO2)cc(C)c1NC(=O)c1ccc(C#N)c(N)c1. The Morgan fingerprint density at radius 2 is 1.75 bits per heavy atom. The van der Waals surface area contributed by atoms with Gasteiger partial charge in [-0.15, -0.1) is 0 Å². The Morgan fingerprint density at radius 3 is 2.31 bits per heavy atom. The van der Waals surface area contributed by atoms with E-state index in [0.717, 1.165) is 6.08 Å². The Labute approximate surface area is 210 Å². The van der Waals surface area contributed by atoms with Crippen molar-refractivity contribution in [3.63, 3.8) is 0 Å². The molecule has 1 heterocycles. The summed E-state index contributed by atoms with van der Waals surface area (Å²) < 4.78 is 43.2. The Bertz CT molecular complexity index is 1410. The lowest BCUT2D eigenvalue weighted by Crippen LogP contribution is -2.42. The van der Waals surface area contributed by atoms with Crippen molar-refractivity contribution < 1.29 is 22.8 Å². The minimum absolute atomic E-state index is 0.148. The number of nitriles is 1. The molecule has 1 aliphatic rings. The molecule has 1 aliphatic heterocycles. The fourth-order valence-corrected chi connectivity index (χ4v) is 4.11. The molecule has 4 rings (SSSR count). The van der Waals surface area contributed by atoms with Gasteiger partial charge in [0.2, 0.25) is 5.60 Å². The number of amides is 1. The number of alkyl halides is 3. The van der Waals surface area contributed by atoms with Crippen LogP contribution in [0.3, 0.4) is 0 Å². The zero-order chi connectivity index (χ0) is 26.3. The Hall–Kier alpha value is -4.00. The number of benzene rings is 3. The zero-order valence-corrected chi connectivity index (χ0v) is 19.9. The largest absolute Gasteiger partial charge is 0.428 e. The van der Waals surface area contributed by atoms with Crippen molar-refractivity contribution in [2.75, 3.05) is 11.1 Å². The van der Waals surface area contributed by atoms with Gasteiger partial charge in [0.05, 0.1) is 16.9 Å². The van der Waals surface area contributed by atoms with Crippen molar-refractivity contribution in [2.24, 2.45) is 0 Å². The van der Waals surface area contributed by atoms with E-state index in [1.165, 1.54) is 30.3 Å². The van der Waals surface area contributed by atoms with Crippen molar-refractivity contribution in [3.8, 4) is 6.07 Å². The molecule has 0 radical (unpaired) electrons. The van der Waals surface area contributed by atoms with E-state index in [2.05, 4.69) is 10.8 Å². The number of nitrogen functional groups attached to an aromatic ring is 1. The van der Waals surface area contributed by atoms with Crippen molar-refractivity contribution in [1.29, 1.82) is 5.26 Å². The van der Waals surface area contributed by atoms with E-state index in [1.807, 2.05) is 6.07 Å². The maximum Gasteiger partial charge on any atom is 0.428 e. The summed E-state index contributed by atoms with van der Waals surface area (Å²) in [5, 5.41) is 12.2. The smallest absolute Gasteiger partial charge is 0.398 e. The van der Waals surface area contributed by atoms with Gasteiger partial charge < -0.3 is 11.1 Å². The van der Waals surface area contributed by atoms with Gasteiger partial charge in [-0.2, -0.15) is 18.4 Å². The molecule has 0 aromatic heterocycles. The molecule has 36 heavy (non-hydrogen) atoms. The molecule has 6 nitrogen and oxygen atoms in total. The third kappa shape index (κ3) is 4.49. The zero-order valence-electron chi connectivity index (χ0n) is 19.1. The first-order chi connectivity index (χ1) is 16.9. The number of anilines is 2. The fourth-order valence-electron chi connectivity index (χ4n) is 3.98.